The predicted molar refractivity (Wildman–Crippen MR) is 88.8 cm³/mol. The molecule has 1 heterocycles. The fourth-order valence-corrected chi connectivity index (χ4v) is 1.99. The van der Waals surface area contributed by atoms with Crippen molar-refractivity contribution in [2.24, 2.45) is 0 Å². The van der Waals surface area contributed by atoms with Gasteiger partial charge >= 0.3 is 0 Å². The van der Waals surface area contributed by atoms with Gasteiger partial charge in [0, 0.05) is 19.3 Å². The Morgan fingerprint density at radius 3 is 2.76 bits per heavy atom. The highest BCUT2D eigenvalue weighted by molar-refractivity contribution is 6.43. The number of halogens is 2. The van der Waals surface area contributed by atoms with Gasteiger partial charge in [0.2, 0.25) is 5.95 Å². The molecule has 0 fully saturated rings. The molecular formula is C14H17Cl2N5. The molecule has 0 aliphatic carbocycles. The van der Waals surface area contributed by atoms with Crippen molar-refractivity contribution in [3.05, 3.63) is 40.5 Å². The van der Waals surface area contributed by atoms with E-state index in [2.05, 4.69) is 25.5 Å². The fraction of sp³-hybridized carbons (Fsp3) is 0.286. The average Bonchev–Trinajstić information content (AvgIpc) is 2.44. The molecule has 2 N–H and O–H groups in total. The van der Waals surface area contributed by atoms with Gasteiger partial charge in [0.05, 0.1) is 15.7 Å². The lowest BCUT2D eigenvalue weighted by molar-refractivity contribution is 0.425. The summed E-state index contributed by atoms with van der Waals surface area (Å²) in [5, 5.41) is 7.24. The summed E-state index contributed by atoms with van der Waals surface area (Å²) in [4.78, 5) is 10.7. The van der Waals surface area contributed by atoms with Crippen LogP contribution in [0.25, 0.3) is 0 Å². The van der Waals surface area contributed by atoms with E-state index in [9.17, 15) is 0 Å². The van der Waals surface area contributed by atoms with E-state index in [0.29, 0.717) is 21.7 Å². The Labute approximate surface area is 134 Å². The zero-order valence-corrected chi connectivity index (χ0v) is 13.4. The minimum atomic E-state index is 0.453. The number of aromatic nitrogens is 2. The monoisotopic (exact) mass is 325 g/mol. The maximum atomic E-state index is 6.13. The van der Waals surface area contributed by atoms with Gasteiger partial charge in [-0.15, -0.1) is 0 Å². The third-order valence-electron chi connectivity index (χ3n) is 2.72. The third kappa shape index (κ3) is 4.74. The van der Waals surface area contributed by atoms with Crippen LogP contribution in [0.1, 0.15) is 0 Å². The molecule has 7 heteroatoms. The Morgan fingerprint density at radius 1 is 1.19 bits per heavy atom. The lowest BCUT2D eigenvalue weighted by atomic mass is 10.3. The lowest BCUT2D eigenvalue weighted by Crippen LogP contribution is -2.21. The molecule has 1 aromatic heterocycles. The maximum Gasteiger partial charge on any atom is 0.229 e. The van der Waals surface area contributed by atoms with Gasteiger partial charge in [-0.1, -0.05) is 29.3 Å². The third-order valence-corrected chi connectivity index (χ3v) is 3.54. The van der Waals surface area contributed by atoms with Crippen molar-refractivity contribution in [2.75, 3.05) is 37.8 Å². The maximum absolute atomic E-state index is 6.13. The molecule has 0 aliphatic heterocycles. The Hall–Kier alpha value is -1.56. The molecule has 0 radical (unpaired) electrons. The van der Waals surface area contributed by atoms with Crippen LogP contribution in [0.5, 0.6) is 0 Å². The highest BCUT2D eigenvalue weighted by Crippen LogP contribution is 2.30. The van der Waals surface area contributed by atoms with E-state index in [-0.39, 0.29) is 0 Å². The van der Waals surface area contributed by atoms with Crippen LogP contribution in [0, 0.1) is 0 Å². The molecule has 0 aliphatic rings. The fourth-order valence-electron chi connectivity index (χ4n) is 1.65. The molecule has 0 unspecified atom stereocenters. The Morgan fingerprint density at radius 2 is 2.00 bits per heavy atom. The Bertz CT molecular complexity index is 604. The molecule has 0 atom stereocenters. The first-order chi connectivity index (χ1) is 10.1. The Kier molecular flexibility index (Phi) is 5.61. The Balaban J connectivity index is 2.05. The lowest BCUT2D eigenvalue weighted by Gasteiger charge is -2.12. The summed E-state index contributed by atoms with van der Waals surface area (Å²) < 4.78 is 0. The summed E-state index contributed by atoms with van der Waals surface area (Å²) in [5.41, 5.74) is 0.676. The van der Waals surface area contributed by atoms with Crippen molar-refractivity contribution in [3.8, 4) is 0 Å². The van der Waals surface area contributed by atoms with E-state index in [1.165, 1.54) is 0 Å². The summed E-state index contributed by atoms with van der Waals surface area (Å²) in [6, 6.07) is 7.19. The number of likely N-dealkylation sites (N-methyl/N-ethyl adjacent to an activating group) is 1. The van der Waals surface area contributed by atoms with Crippen molar-refractivity contribution in [1.82, 2.24) is 14.9 Å². The number of hydrogen-bond acceptors (Lipinski definition) is 5. The van der Waals surface area contributed by atoms with Crippen LogP contribution in [-0.2, 0) is 0 Å². The molecule has 5 nitrogen and oxygen atoms in total. The summed E-state index contributed by atoms with van der Waals surface area (Å²) in [6.07, 6.45) is 1.69. The van der Waals surface area contributed by atoms with Gasteiger partial charge in [0.1, 0.15) is 5.82 Å². The standard InChI is InChI=1S/C14H17Cl2N5/c1-21(2)9-8-17-12-6-7-18-14(20-12)19-11-5-3-4-10(15)13(11)16/h3-7H,8-9H2,1-2H3,(H2,17,18,19,20). The van der Waals surface area contributed by atoms with Crippen LogP contribution < -0.4 is 10.6 Å². The van der Waals surface area contributed by atoms with Crippen molar-refractivity contribution < 1.29 is 0 Å². The SMILES string of the molecule is CN(C)CCNc1ccnc(Nc2cccc(Cl)c2Cl)n1. The van der Waals surface area contributed by atoms with Crippen LogP contribution in [-0.4, -0.2) is 42.1 Å². The number of anilines is 3. The van der Waals surface area contributed by atoms with Gasteiger partial charge in [-0.2, -0.15) is 4.98 Å². The van der Waals surface area contributed by atoms with E-state index < -0.39 is 0 Å². The first-order valence-electron chi connectivity index (χ1n) is 6.49. The minimum absolute atomic E-state index is 0.453. The number of nitrogens with one attached hydrogen (secondary N) is 2. The van der Waals surface area contributed by atoms with Crippen molar-refractivity contribution in [3.63, 3.8) is 0 Å². The molecule has 0 spiro atoms. The molecule has 0 amide bonds. The van der Waals surface area contributed by atoms with Crippen LogP contribution in [0.4, 0.5) is 17.5 Å². The van der Waals surface area contributed by atoms with Gasteiger partial charge in [-0.05, 0) is 32.3 Å². The van der Waals surface area contributed by atoms with E-state index >= 15 is 0 Å². The highest BCUT2D eigenvalue weighted by atomic mass is 35.5. The number of benzene rings is 1. The predicted octanol–water partition coefficient (Wildman–Crippen LogP) is 3.50. The van der Waals surface area contributed by atoms with Gasteiger partial charge in [0.15, 0.2) is 0 Å². The largest absolute Gasteiger partial charge is 0.369 e. The topological polar surface area (TPSA) is 53.1 Å². The molecular weight excluding hydrogens is 309 g/mol. The number of hydrogen-bond donors (Lipinski definition) is 2. The second kappa shape index (κ2) is 7.45. The smallest absolute Gasteiger partial charge is 0.229 e. The first-order valence-corrected chi connectivity index (χ1v) is 7.24. The molecule has 21 heavy (non-hydrogen) atoms. The van der Waals surface area contributed by atoms with Gasteiger partial charge in [-0.3, -0.25) is 0 Å². The van der Waals surface area contributed by atoms with E-state index in [4.69, 9.17) is 23.2 Å². The number of nitrogens with zero attached hydrogens (tertiary/aromatic N) is 3. The quantitative estimate of drug-likeness (QED) is 0.851. The molecule has 2 aromatic rings. The molecule has 1 aromatic carbocycles. The minimum Gasteiger partial charge on any atom is -0.369 e. The van der Waals surface area contributed by atoms with Crippen molar-refractivity contribution in [1.29, 1.82) is 0 Å². The van der Waals surface area contributed by atoms with Crippen LogP contribution >= 0.6 is 23.2 Å². The number of rotatable bonds is 6. The van der Waals surface area contributed by atoms with Crippen molar-refractivity contribution in [2.45, 2.75) is 0 Å². The second-order valence-electron chi connectivity index (χ2n) is 4.72. The molecule has 0 bridgehead atoms. The van der Waals surface area contributed by atoms with Crippen LogP contribution in [0.2, 0.25) is 10.0 Å². The van der Waals surface area contributed by atoms with E-state index in [1.54, 1.807) is 12.3 Å². The van der Waals surface area contributed by atoms with Gasteiger partial charge in [-0.25, -0.2) is 4.98 Å². The summed E-state index contributed by atoms with van der Waals surface area (Å²) in [7, 11) is 4.05. The second-order valence-corrected chi connectivity index (χ2v) is 5.51. The summed E-state index contributed by atoms with van der Waals surface area (Å²) in [6.45, 7) is 1.73. The van der Waals surface area contributed by atoms with Crippen LogP contribution in [0.15, 0.2) is 30.5 Å². The van der Waals surface area contributed by atoms with Gasteiger partial charge < -0.3 is 15.5 Å². The first kappa shape index (κ1) is 15.8. The zero-order chi connectivity index (χ0) is 15.2. The zero-order valence-electron chi connectivity index (χ0n) is 11.9. The highest BCUT2D eigenvalue weighted by Gasteiger charge is 2.06. The summed E-state index contributed by atoms with van der Waals surface area (Å²) >= 11 is 12.1. The van der Waals surface area contributed by atoms with Crippen LogP contribution in [0.3, 0.4) is 0 Å². The van der Waals surface area contributed by atoms with E-state index in [0.717, 1.165) is 18.9 Å². The molecule has 0 saturated carbocycles. The van der Waals surface area contributed by atoms with E-state index in [1.807, 2.05) is 32.3 Å². The molecule has 0 saturated heterocycles. The average molecular weight is 326 g/mol. The van der Waals surface area contributed by atoms with Gasteiger partial charge in [0.25, 0.3) is 0 Å². The molecule has 2 rings (SSSR count). The molecule has 112 valence electrons. The van der Waals surface area contributed by atoms with Crippen molar-refractivity contribution >= 4 is 40.7 Å². The normalized spacial score (nSPS) is 10.7. The summed E-state index contributed by atoms with van der Waals surface area (Å²) in [5.74, 6) is 1.22.